The van der Waals surface area contributed by atoms with Gasteiger partial charge in [-0.2, -0.15) is 0 Å². The minimum Gasteiger partial charge on any atom is -0.467 e. The molecule has 0 unspecified atom stereocenters. The maximum atomic E-state index is 12.1. The fourth-order valence-corrected chi connectivity index (χ4v) is 2.56. The van der Waals surface area contributed by atoms with Crippen molar-refractivity contribution >= 4 is 44.9 Å². The van der Waals surface area contributed by atoms with E-state index in [-0.39, 0.29) is 22.8 Å². The summed E-state index contributed by atoms with van der Waals surface area (Å²) in [7, 11) is -2.12. The fraction of sp³-hybridized carbons (Fsp3) is 0.385. The summed E-state index contributed by atoms with van der Waals surface area (Å²) in [6.45, 7) is 0. The van der Waals surface area contributed by atoms with Gasteiger partial charge in [0.25, 0.3) is 5.91 Å². The molecule has 0 spiro atoms. The second-order valence-electron chi connectivity index (χ2n) is 4.60. The zero-order chi connectivity index (χ0) is 16.9. The predicted octanol–water partition coefficient (Wildman–Crippen LogP) is 1.70. The fourth-order valence-electron chi connectivity index (χ4n) is 1.60. The Hall–Kier alpha value is -1.31. The van der Waals surface area contributed by atoms with E-state index in [0.717, 1.165) is 13.4 Å². The molecule has 22 heavy (non-hydrogen) atoms. The smallest absolute Gasteiger partial charge is 0.328 e. The molecule has 1 N–H and O–H groups in total. The number of methoxy groups -OCH3 is 1. The van der Waals surface area contributed by atoms with Crippen molar-refractivity contribution in [2.24, 2.45) is 0 Å². The Kier molecular flexibility index (Phi) is 6.65. The summed E-state index contributed by atoms with van der Waals surface area (Å²) in [5.74, 6) is -1.56. The summed E-state index contributed by atoms with van der Waals surface area (Å²) in [6.07, 6.45) is 0.959. The molecule has 0 aliphatic carbocycles. The first-order valence-corrected chi connectivity index (χ1v) is 8.97. The zero-order valence-corrected chi connectivity index (χ0v) is 14.3. The first-order chi connectivity index (χ1) is 10.1. The summed E-state index contributed by atoms with van der Waals surface area (Å²) in [6, 6.07) is 3.17. The highest BCUT2D eigenvalue weighted by Crippen LogP contribution is 2.22. The molecule has 0 saturated carbocycles. The van der Waals surface area contributed by atoms with Crippen molar-refractivity contribution in [2.45, 2.75) is 12.5 Å². The third-order valence-electron chi connectivity index (χ3n) is 2.75. The molecule has 6 nitrogen and oxygen atoms in total. The lowest BCUT2D eigenvalue weighted by Crippen LogP contribution is -2.42. The Morgan fingerprint density at radius 3 is 2.41 bits per heavy atom. The molecule has 0 bridgehead atoms. The van der Waals surface area contributed by atoms with E-state index >= 15 is 0 Å². The number of hydrogen-bond donors (Lipinski definition) is 1. The molecule has 1 rings (SSSR count). The van der Waals surface area contributed by atoms with Crippen molar-refractivity contribution in [2.75, 3.05) is 19.1 Å². The van der Waals surface area contributed by atoms with E-state index in [1.807, 2.05) is 0 Å². The molecule has 0 heterocycles. The summed E-state index contributed by atoms with van der Waals surface area (Å²) >= 11 is 11.6. The monoisotopic (exact) mass is 367 g/mol. The van der Waals surface area contributed by atoms with Crippen LogP contribution in [-0.4, -0.2) is 45.5 Å². The van der Waals surface area contributed by atoms with Gasteiger partial charge < -0.3 is 10.1 Å². The highest BCUT2D eigenvalue weighted by atomic mass is 35.5. The third kappa shape index (κ3) is 5.82. The summed E-state index contributed by atoms with van der Waals surface area (Å²) < 4.78 is 26.9. The molecule has 1 aromatic rings. The number of halogens is 2. The van der Waals surface area contributed by atoms with Gasteiger partial charge in [0, 0.05) is 11.8 Å². The number of esters is 1. The van der Waals surface area contributed by atoms with Crippen LogP contribution < -0.4 is 5.32 Å². The van der Waals surface area contributed by atoms with Gasteiger partial charge in [-0.1, -0.05) is 23.2 Å². The maximum absolute atomic E-state index is 12.1. The van der Waals surface area contributed by atoms with Crippen LogP contribution in [0.15, 0.2) is 18.2 Å². The Morgan fingerprint density at radius 1 is 1.27 bits per heavy atom. The zero-order valence-electron chi connectivity index (χ0n) is 11.9. The maximum Gasteiger partial charge on any atom is 0.328 e. The van der Waals surface area contributed by atoms with Crippen molar-refractivity contribution in [3.05, 3.63) is 33.8 Å². The van der Waals surface area contributed by atoms with Crippen LogP contribution in [0.2, 0.25) is 10.0 Å². The molecule has 1 amide bonds. The average molecular weight is 368 g/mol. The molecule has 0 fully saturated rings. The number of ether oxygens (including phenoxy) is 1. The standard InChI is InChI=1S/C13H15Cl2NO5S/c1-21-13(18)11(5-6-22(2,19)20)16-12(17)8-3-4-9(14)10(15)7-8/h3-4,7,11H,5-6H2,1-2H3,(H,16,17)/t11-/m0/s1. The largest absolute Gasteiger partial charge is 0.467 e. The number of sulfone groups is 1. The van der Waals surface area contributed by atoms with Gasteiger partial charge in [0.05, 0.1) is 22.9 Å². The molecular weight excluding hydrogens is 353 g/mol. The molecule has 0 aliphatic heterocycles. The quantitative estimate of drug-likeness (QED) is 0.772. The minimum atomic E-state index is -3.27. The van der Waals surface area contributed by atoms with Gasteiger partial charge in [0.2, 0.25) is 0 Å². The minimum absolute atomic E-state index is 0.0848. The van der Waals surface area contributed by atoms with Crippen molar-refractivity contribution in [3.8, 4) is 0 Å². The van der Waals surface area contributed by atoms with E-state index in [4.69, 9.17) is 23.2 Å². The van der Waals surface area contributed by atoms with Gasteiger partial charge in [0.1, 0.15) is 15.9 Å². The molecule has 0 radical (unpaired) electrons. The number of carbonyl (C=O) groups excluding carboxylic acids is 2. The van der Waals surface area contributed by atoms with Crippen LogP contribution in [0.25, 0.3) is 0 Å². The Labute approximate surface area is 138 Å². The highest BCUT2D eigenvalue weighted by Gasteiger charge is 2.23. The normalized spacial score (nSPS) is 12.5. The first kappa shape index (κ1) is 18.7. The molecule has 122 valence electrons. The SMILES string of the molecule is COC(=O)[C@H](CCS(C)(=O)=O)NC(=O)c1ccc(Cl)c(Cl)c1. The molecule has 1 aromatic carbocycles. The van der Waals surface area contributed by atoms with E-state index in [9.17, 15) is 18.0 Å². The molecular formula is C13H15Cl2NO5S. The molecule has 9 heteroatoms. The van der Waals surface area contributed by atoms with Crippen LogP contribution in [0.5, 0.6) is 0 Å². The van der Waals surface area contributed by atoms with E-state index < -0.39 is 27.8 Å². The van der Waals surface area contributed by atoms with Crippen LogP contribution >= 0.6 is 23.2 Å². The van der Waals surface area contributed by atoms with E-state index in [1.54, 1.807) is 0 Å². The van der Waals surface area contributed by atoms with Gasteiger partial charge in [-0.3, -0.25) is 4.79 Å². The third-order valence-corrected chi connectivity index (χ3v) is 4.47. The van der Waals surface area contributed by atoms with E-state index in [1.165, 1.54) is 18.2 Å². The lowest BCUT2D eigenvalue weighted by atomic mass is 10.1. The second-order valence-corrected chi connectivity index (χ2v) is 7.67. The topological polar surface area (TPSA) is 89.5 Å². The predicted molar refractivity (Wildman–Crippen MR) is 84.1 cm³/mol. The van der Waals surface area contributed by atoms with Crippen molar-refractivity contribution in [1.82, 2.24) is 5.32 Å². The van der Waals surface area contributed by atoms with Gasteiger partial charge in [0.15, 0.2) is 0 Å². The van der Waals surface area contributed by atoms with Gasteiger partial charge in [-0.25, -0.2) is 13.2 Å². The Morgan fingerprint density at radius 2 is 1.91 bits per heavy atom. The second kappa shape index (κ2) is 7.80. The van der Waals surface area contributed by atoms with Gasteiger partial charge in [-0.15, -0.1) is 0 Å². The Balaban J connectivity index is 2.86. The number of carbonyl (C=O) groups is 2. The van der Waals surface area contributed by atoms with Crippen molar-refractivity contribution in [1.29, 1.82) is 0 Å². The lowest BCUT2D eigenvalue weighted by Gasteiger charge is -2.16. The summed E-state index contributed by atoms with van der Waals surface area (Å²) in [5, 5.41) is 2.91. The number of nitrogens with one attached hydrogen (secondary N) is 1. The first-order valence-electron chi connectivity index (χ1n) is 6.15. The molecule has 1 atom stereocenters. The van der Waals surface area contributed by atoms with Crippen molar-refractivity contribution < 1.29 is 22.7 Å². The molecule has 0 aromatic heterocycles. The van der Waals surface area contributed by atoms with Gasteiger partial charge in [-0.05, 0) is 24.6 Å². The molecule has 0 aliphatic rings. The van der Waals surface area contributed by atoms with E-state index in [2.05, 4.69) is 10.1 Å². The van der Waals surface area contributed by atoms with Crippen LogP contribution in [0.4, 0.5) is 0 Å². The molecule has 0 saturated heterocycles. The van der Waals surface area contributed by atoms with Crippen LogP contribution in [0.1, 0.15) is 16.8 Å². The van der Waals surface area contributed by atoms with Crippen LogP contribution in [-0.2, 0) is 19.4 Å². The number of hydrogen-bond acceptors (Lipinski definition) is 5. The van der Waals surface area contributed by atoms with Gasteiger partial charge >= 0.3 is 5.97 Å². The van der Waals surface area contributed by atoms with Crippen LogP contribution in [0.3, 0.4) is 0 Å². The number of benzene rings is 1. The van der Waals surface area contributed by atoms with Crippen molar-refractivity contribution in [3.63, 3.8) is 0 Å². The highest BCUT2D eigenvalue weighted by molar-refractivity contribution is 7.90. The summed E-state index contributed by atoms with van der Waals surface area (Å²) in [5.41, 5.74) is 0.197. The van der Waals surface area contributed by atoms with E-state index in [0.29, 0.717) is 5.02 Å². The average Bonchev–Trinajstić information content (AvgIpc) is 2.44. The van der Waals surface area contributed by atoms with Crippen LogP contribution in [0, 0.1) is 0 Å². The Bertz CT molecular complexity index is 675. The lowest BCUT2D eigenvalue weighted by molar-refractivity contribution is -0.142. The number of rotatable bonds is 6. The summed E-state index contributed by atoms with van der Waals surface area (Å²) in [4.78, 5) is 23.7. The number of amides is 1.